The molecular weight excluding hydrogens is 228 g/mol. The molecule has 1 amide bonds. The Bertz CT molecular complexity index is 299. The standard InChI is InChI=1S/C10H18N2O3S/c1-10(2,3)16(15)11-8-5-4-6-12(7-8)9(13)14/h4-7H2,1-3H3,(H,13,14). The number of nitrogens with zero attached hydrogens (tertiary/aromatic N) is 2. The molecule has 6 heteroatoms. The molecule has 0 spiro atoms. The van der Waals surface area contributed by atoms with Gasteiger partial charge < -0.3 is 14.6 Å². The zero-order valence-electron chi connectivity index (χ0n) is 9.89. The van der Waals surface area contributed by atoms with Crippen LogP contribution in [0.1, 0.15) is 33.6 Å². The number of hydrogen-bond acceptors (Lipinski definition) is 3. The topological polar surface area (TPSA) is 76.0 Å². The van der Waals surface area contributed by atoms with Crippen LogP contribution in [0, 0.1) is 0 Å². The first-order valence-electron chi connectivity index (χ1n) is 5.27. The highest BCUT2D eigenvalue weighted by atomic mass is 32.2. The number of carbonyl (C=O) groups is 1. The van der Waals surface area contributed by atoms with Crippen LogP contribution in [-0.4, -0.2) is 44.2 Å². The Morgan fingerprint density at radius 2 is 2.19 bits per heavy atom. The SMILES string of the molecule is CC(C)(C)[S+]([O-])N=C1CCCN(C(=O)O)C1. The van der Waals surface area contributed by atoms with E-state index in [2.05, 4.69) is 4.40 Å². The van der Waals surface area contributed by atoms with E-state index in [0.29, 0.717) is 6.54 Å². The lowest BCUT2D eigenvalue weighted by Gasteiger charge is -2.26. The van der Waals surface area contributed by atoms with Crippen molar-refractivity contribution in [3.8, 4) is 0 Å². The number of carboxylic acid groups (broad SMARTS) is 1. The minimum absolute atomic E-state index is 0.289. The molecule has 1 N–H and O–H groups in total. The fourth-order valence-corrected chi connectivity index (χ4v) is 2.00. The number of likely N-dealkylation sites (tertiary alicyclic amines) is 1. The molecule has 92 valence electrons. The Kier molecular flexibility index (Phi) is 4.21. The van der Waals surface area contributed by atoms with Gasteiger partial charge in [0.2, 0.25) is 0 Å². The van der Waals surface area contributed by atoms with Crippen LogP contribution in [0.2, 0.25) is 0 Å². The number of amides is 1. The number of rotatable bonds is 1. The van der Waals surface area contributed by atoms with Crippen molar-refractivity contribution in [2.75, 3.05) is 13.1 Å². The lowest BCUT2D eigenvalue weighted by Crippen LogP contribution is -2.40. The van der Waals surface area contributed by atoms with Crippen LogP contribution in [0.25, 0.3) is 0 Å². The molecule has 0 bridgehead atoms. The molecule has 0 radical (unpaired) electrons. The normalized spacial score (nSPS) is 22.2. The smallest absolute Gasteiger partial charge is 0.407 e. The van der Waals surface area contributed by atoms with Crippen molar-refractivity contribution < 1.29 is 14.5 Å². The summed E-state index contributed by atoms with van der Waals surface area (Å²) >= 11 is -1.29. The van der Waals surface area contributed by atoms with E-state index in [4.69, 9.17) is 5.11 Å². The minimum atomic E-state index is -1.29. The maximum Gasteiger partial charge on any atom is 0.407 e. The van der Waals surface area contributed by atoms with Gasteiger partial charge >= 0.3 is 6.09 Å². The fourth-order valence-electron chi connectivity index (χ4n) is 1.34. The van der Waals surface area contributed by atoms with Crippen LogP contribution >= 0.6 is 0 Å². The lowest BCUT2D eigenvalue weighted by molar-refractivity contribution is 0.149. The first-order valence-corrected chi connectivity index (χ1v) is 6.37. The minimum Gasteiger partial charge on any atom is -0.591 e. The van der Waals surface area contributed by atoms with Gasteiger partial charge in [-0.15, -0.1) is 0 Å². The van der Waals surface area contributed by atoms with Gasteiger partial charge in [0, 0.05) is 6.54 Å². The molecule has 0 saturated carbocycles. The number of hydrogen-bond donors (Lipinski definition) is 1. The highest BCUT2D eigenvalue weighted by molar-refractivity contribution is 7.91. The summed E-state index contributed by atoms with van der Waals surface area (Å²) in [5.41, 5.74) is 0.724. The molecule has 1 fully saturated rings. The Morgan fingerprint density at radius 1 is 1.56 bits per heavy atom. The monoisotopic (exact) mass is 246 g/mol. The van der Waals surface area contributed by atoms with Crippen LogP contribution in [0.15, 0.2) is 4.40 Å². The second-order valence-electron chi connectivity index (χ2n) is 4.83. The summed E-state index contributed by atoms with van der Waals surface area (Å²) in [7, 11) is 0. The van der Waals surface area contributed by atoms with E-state index in [9.17, 15) is 9.35 Å². The first-order chi connectivity index (χ1) is 7.30. The van der Waals surface area contributed by atoms with Crippen LogP contribution in [0.4, 0.5) is 4.79 Å². The Hall–Kier alpha value is -0.750. The van der Waals surface area contributed by atoms with E-state index >= 15 is 0 Å². The molecule has 0 aromatic carbocycles. The molecule has 5 nitrogen and oxygen atoms in total. The van der Waals surface area contributed by atoms with Crippen LogP contribution in [-0.2, 0) is 11.4 Å². The molecule has 1 saturated heterocycles. The molecule has 1 unspecified atom stereocenters. The Balaban J connectivity index is 2.66. The third-order valence-corrected chi connectivity index (χ3v) is 3.74. The lowest BCUT2D eigenvalue weighted by atomic mass is 10.1. The summed E-state index contributed by atoms with van der Waals surface area (Å²) in [5.74, 6) is 0. The summed E-state index contributed by atoms with van der Waals surface area (Å²) in [5, 5.41) is 8.85. The third-order valence-electron chi connectivity index (χ3n) is 2.27. The molecule has 0 aromatic rings. The van der Waals surface area contributed by atoms with Gasteiger partial charge in [0.1, 0.15) is 16.1 Å². The van der Waals surface area contributed by atoms with Crippen molar-refractivity contribution in [2.45, 2.75) is 38.4 Å². The van der Waals surface area contributed by atoms with Gasteiger partial charge in [-0.05, 0) is 33.6 Å². The molecule has 1 aliphatic rings. The van der Waals surface area contributed by atoms with Crippen molar-refractivity contribution in [1.29, 1.82) is 0 Å². The number of piperidine rings is 1. The molecule has 0 aliphatic carbocycles. The van der Waals surface area contributed by atoms with Gasteiger partial charge in [0.15, 0.2) is 0 Å². The van der Waals surface area contributed by atoms with Crippen molar-refractivity contribution >= 4 is 23.2 Å². The third kappa shape index (κ3) is 3.68. The second kappa shape index (κ2) is 5.05. The molecular formula is C10H18N2O3S. The fraction of sp³-hybridized carbons (Fsp3) is 0.800. The molecule has 1 rings (SSSR count). The van der Waals surface area contributed by atoms with Crippen molar-refractivity contribution in [3.63, 3.8) is 0 Å². The average Bonchev–Trinajstić information content (AvgIpc) is 2.16. The summed E-state index contributed by atoms with van der Waals surface area (Å²) in [6.45, 7) is 6.38. The van der Waals surface area contributed by atoms with Gasteiger partial charge in [-0.25, -0.2) is 4.79 Å². The molecule has 1 aliphatic heterocycles. The maximum atomic E-state index is 11.8. The van der Waals surface area contributed by atoms with E-state index in [1.165, 1.54) is 4.90 Å². The Morgan fingerprint density at radius 3 is 2.69 bits per heavy atom. The molecule has 1 heterocycles. The zero-order valence-corrected chi connectivity index (χ0v) is 10.7. The van der Waals surface area contributed by atoms with Gasteiger partial charge in [-0.1, -0.05) is 4.40 Å². The Labute approximate surface area is 98.9 Å². The quantitative estimate of drug-likeness (QED) is 0.715. The maximum absolute atomic E-state index is 11.8. The highest BCUT2D eigenvalue weighted by Crippen LogP contribution is 2.19. The van der Waals surface area contributed by atoms with E-state index in [-0.39, 0.29) is 6.54 Å². The van der Waals surface area contributed by atoms with Gasteiger partial charge in [-0.3, -0.25) is 0 Å². The summed E-state index contributed by atoms with van der Waals surface area (Å²) in [6.07, 6.45) is 0.562. The average molecular weight is 246 g/mol. The predicted molar refractivity (Wildman–Crippen MR) is 64.2 cm³/mol. The van der Waals surface area contributed by atoms with Crippen molar-refractivity contribution in [3.05, 3.63) is 0 Å². The summed E-state index contributed by atoms with van der Waals surface area (Å²) in [4.78, 5) is 12.1. The molecule has 0 aromatic heterocycles. The molecule has 1 atom stereocenters. The van der Waals surface area contributed by atoms with Crippen LogP contribution in [0.3, 0.4) is 0 Å². The van der Waals surface area contributed by atoms with Gasteiger partial charge in [0.05, 0.1) is 12.3 Å². The second-order valence-corrected chi connectivity index (χ2v) is 6.73. The van der Waals surface area contributed by atoms with E-state index in [1.54, 1.807) is 0 Å². The van der Waals surface area contributed by atoms with Crippen LogP contribution < -0.4 is 0 Å². The predicted octanol–water partition coefficient (Wildman–Crippen LogP) is 1.66. The van der Waals surface area contributed by atoms with Crippen molar-refractivity contribution in [1.82, 2.24) is 4.90 Å². The summed E-state index contributed by atoms with van der Waals surface area (Å²) < 4.78 is 15.5. The highest BCUT2D eigenvalue weighted by Gasteiger charge is 2.29. The first kappa shape index (κ1) is 13.3. The van der Waals surface area contributed by atoms with E-state index < -0.39 is 22.2 Å². The van der Waals surface area contributed by atoms with Gasteiger partial charge in [0.25, 0.3) is 0 Å². The van der Waals surface area contributed by atoms with E-state index in [0.717, 1.165) is 18.6 Å². The zero-order chi connectivity index (χ0) is 12.3. The van der Waals surface area contributed by atoms with Crippen molar-refractivity contribution in [2.24, 2.45) is 4.40 Å². The summed E-state index contributed by atoms with van der Waals surface area (Å²) in [6, 6.07) is 0. The van der Waals surface area contributed by atoms with Crippen LogP contribution in [0.5, 0.6) is 0 Å². The van der Waals surface area contributed by atoms with Gasteiger partial charge in [-0.2, -0.15) is 0 Å². The van der Waals surface area contributed by atoms with E-state index in [1.807, 2.05) is 20.8 Å². The largest absolute Gasteiger partial charge is 0.591 e. The molecule has 16 heavy (non-hydrogen) atoms.